The Morgan fingerprint density at radius 1 is 1.46 bits per heavy atom. The number of carbonyl (C=O) groups is 1. The van der Waals surface area contributed by atoms with Crippen LogP contribution in [0.3, 0.4) is 0 Å². The molecule has 0 aromatic carbocycles. The maximum Gasteiger partial charge on any atom is 0.248 e. The van der Waals surface area contributed by atoms with E-state index in [0.29, 0.717) is 6.61 Å². The first-order valence-electron chi connectivity index (χ1n) is 4.91. The van der Waals surface area contributed by atoms with E-state index in [1.54, 1.807) is 0 Å². The summed E-state index contributed by atoms with van der Waals surface area (Å²) >= 11 is 0. The summed E-state index contributed by atoms with van der Waals surface area (Å²) in [6.07, 6.45) is 1.04. The third-order valence-corrected chi connectivity index (χ3v) is 2.12. The summed E-state index contributed by atoms with van der Waals surface area (Å²) in [4.78, 5) is 13.4. The first-order chi connectivity index (χ1) is 6.34. The number of hydrogen-bond acceptors (Lipinski definition) is 3. The molecule has 4 heteroatoms. The van der Waals surface area contributed by atoms with Gasteiger partial charge in [0.1, 0.15) is 6.61 Å². The van der Waals surface area contributed by atoms with Crippen molar-refractivity contribution in [3.63, 3.8) is 0 Å². The lowest BCUT2D eigenvalue weighted by Crippen LogP contribution is -2.36. The SMILES string of the molecule is CCOCC(=O)N1CCCNCC1. The van der Waals surface area contributed by atoms with Crippen LogP contribution in [0, 0.1) is 0 Å². The van der Waals surface area contributed by atoms with E-state index in [2.05, 4.69) is 5.32 Å². The molecule has 0 bridgehead atoms. The summed E-state index contributed by atoms with van der Waals surface area (Å²) in [6.45, 7) is 6.33. The number of hydrogen-bond donors (Lipinski definition) is 1. The van der Waals surface area contributed by atoms with Gasteiger partial charge in [0.25, 0.3) is 0 Å². The molecule has 0 aliphatic carbocycles. The molecule has 1 fully saturated rings. The van der Waals surface area contributed by atoms with Gasteiger partial charge in [0.05, 0.1) is 0 Å². The van der Waals surface area contributed by atoms with Crippen LogP contribution in [0.25, 0.3) is 0 Å². The molecule has 0 unspecified atom stereocenters. The van der Waals surface area contributed by atoms with E-state index in [1.165, 1.54) is 0 Å². The predicted octanol–water partition coefficient (Wildman–Crippen LogP) is -0.155. The van der Waals surface area contributed by atoms with Crippen molar-refractivity contribution < 1.29 is 9.53 Å². The Labute approximate surface area is 79.2 Å². The van der Waals surface area contributed by atoms with Crippen molar-refractivity contribution in [1.29, 1.82) is 0 Å². The first-order valence-corrected chi connectivity index (χ1v) is 4.91. The molecule has 1 aliphatic heterocycles. The van der Waals surface area contributed by atoms with Crippen LogP contribution in [0.15, 0.2) is 0 Å². The molecule has 0 aromatic rings. The molecule has 76 valence electrons. The van der Waals surface area contributed by atoms with E-state index < -0.39 is 0 Å². The van der Waals surface area contributed by atoms with Crippen LogP contribution < -0.4 is 5.32 Å². The predicted molar refractivity (Wildman–Crippen MR) is 50.6 cm³/mol. The Hall–Kier alpha value is -0.610. The average molecular weight is 186 g/mol. The van der Waals surface area contributed by atoms with Crippen LogP contribution in [-0.4, -0.2) is 50.2 Å². The lowest BCUT2D eigenvalue weighted by Gasteiger charge is -2.19. The van der Waals surface area contributed by atoms with E-state index in [4.69, 9.17) is 4.74 Å². The van der Waals surface area contributed by atoms with Gasteiger partial charge < -0.3 is 15.0 Å². The molecule has 4 nitrogen and oxygen atoms in total. The van der Waals surface area contributed by atoms with Gasteiger partial charge in [-0.2, -0.15) is 0 Å². The maximum absolute atomic E-state index is 11.5. The molecule has 1 heterocycles. The maximum atomic E-state index is 11.5. The Balaban J connectivity index is 2.26. The van der Waals surface area contributed by atoms with Gasteiger partial charge in [0.2, 0.25) is 5.91 Å². The molecule has 1 N–H and O–H groups in total. The van der Waals surface area contributed by atoms with Crippen LogP contribution in [0.2, 0.25) is 0 Å². The summed E-state index contributed by atoms with van der Waals surface area (Å²) in [7, 11) is 0. The van der Waals surface area contributed by atoms with Crippen molar-refractivity contribution in [3.05, 3.63) is 0 Å². The Morgan fingerprint density at radius 3 is 3.08 bits per heavy atom. The van der Waals surface area contributed by atoms with Gasteiger partial charge in [0, 0.05) is 26.2 Å². The highest BCUT2D eigenvalue weighted by molar-refractivity contribution is 5.77. The summed E-state index contributed by atoms with van der Waals surface area (Å²) in [6, 6.07) is 0. The van der Waals surface area contributed by atoms with Crippen LogP contribution in [0.1, 0.15) is 13.3 Å². The topological polar surface area (TPSA) is 41.6 Å². The minimum atomic E-state index is 0.116. The first kappa shape index (κ1) is 10.5. The number of rotatable bonds is 3. The Morgan fingerprint density at radius 2 is 2.31 bits per heavy atom. The van der Waals surface area contributed by atoms with Gasteiger partial charge in [-0.15, -0.1) is 0 Å². The molecule has 1 saturated heterocycles. The van der Waals surface area contributed by atoms with Gasteiger partial charge in [0.15, 0.2) is 0 Å². The zero-order valence-corrected chi connectivity index (χ0v) is 8.21. The summed E-state index contributed by atoms with van der Waals surface area (Å²) in [5.41, 5.74) is 0. The third kappa shape index (κ3) is 3.74. The second-order valence-corrected chi connectivity index (χ2v) is 3.12. The van der Waals surface area contributed by atoms with Gasteiger partial charge in [-0.05, 0) is 19.9 Å². The fourth-order valence-electron chi connectivity index (χ4n) is 1.38. The van der Waals surface area contributed by atoms with Crippen LogP contribution in [0.4, 0.5) is 0 Å². The van der Waals surface area contributed by atoms with Crippen LogP contribution >= 0.6 is 0 Å². The molecule has 0 aromatic heterocycles. The smallest absolute Gasteiger partial charge is 0.248 e. The standard InChI is InChI=1S/C9H18N2O2/c1-2-13-8-9(12)11-6-3-4-10-5-7-11/h10H,2-8H2,1H3. The minimum absolute atomic E-state index is 0.116. The van der Waals surface area contributed by atoms with E-state index in [9.17, 15) is 4.79 Å². The van der Waals surface area contributed by atoms with E-state index >= 15 is 0 Å². The Kier molecular flexibility index (Phi) is 4.78. The summed E-state index contributed by atoms with van der Waals surface area (Å²) in [5.74, 6) is 0.116. The van der Waals surface area contributed by atoms with Gasteiger partial charge in [-0.25, -0.2) is 0 Å². The molecule has 1 aliphatic rings. The molecular formula is C9H18N2O2. The molecule has 0 saturated carbocycles. The number of carbonyl (C=O) groups excluding carboxylic acids is 1. The number of nitrogens with zero attached hydrogens (tertiary/aromatic N) is 1. The lowest BCUT2D eigenvalue weighted by atomic mass is 10.4. The zero-order chi connectivity index (χ0) is 9.52. The second kappa shape index (κ2) is 5.94. The quantitative estimate of drug-likeness (QED) is 0.666. The van der Waals surface area contributed by atoms with Gasteiger partial charge >= 0.3 is 0 Å². The highest BCUT2D eigenvalue weighted by atomic mass is 16.5. The minimum Gasteiger partial charge on any atom is -0.372 e. The number of amides is 1. The average Bonchev–Trinajstić information content (AvgIpc) is 2.42. The van der Waals surface area contributed by atoms with E-state index in [-0.39, 0.29) is 12.5 Å². The zero-order valence-electron chi connectivity index (χ0n) is 8.21. The van der Waals surface area contributed by atoms with Crippen molar-refractivity contribution in [2.75, 3.05) is 39.4 Å². The highest BCUT2D eigenvalue weighted by Crippen LogP contribution is 1.96. The van der Waals surface area contributed by atoms with Gasteiger partial charge in [-0.3, -0.25) is 4.79 Å². The van der Waals surface area contributed by atoms with Crippen molar-refractivity contribution in [2.24, 2.45) is 0 Å². The van der Waals surface area contributed by atoms with Crippen molar-refractivity contribution >= 4 is 5.91 Å². The molecule has 0 spiro atoms. The molecular weight excluding hydrogens is 168 g/mol. The fraction of sp³-hybridized carbons (Fsp3) is 0.889. The van der Waals surface area contributed by atoms with Crippen molar-refractivity contribution in [3.8, 4) is 0 Å². The monoisotopic (exact) mass is 186 g/mol. The number of ether oxygens (including phenoxy) is 1. The lowest BCUT2D eigenvalue weighted by molar-refractivity contribution is -0.135. The highest BCUT2D eigenvalue weighted by Gasteiger charge is 2.14. The van der Waals surface area contributed by atoms with Crippen LogP contribution in [0.5, 0.6) is 0 Å². The van der Waals surface area contributed by atoms with Crippen molar-refractivity contribution in [1.82, 2.24) is 10.2 Å². The summed E-state index contributed by atoms with van der Waals surface area (Å²) < 4.78 is 5.08. The molecule has 0 atom stereocenters. The molecule has 0 radical (unpaired) electrons. The van der Waals surface area contributed by atoms with Crippen LogP contribution in [-0.2, 0) is 9.53 Å². The van der Waals surface area contributed by atoms with Gasteiger partial charge in [-0.1, -0.05) is 0 Å². The van der Waals surface area contributed by atoms with Crippen molar-refractivity contribution in [2.45, 2.75) is 13.3 Å². The molecule has 1 amide bonds. The van der Waals surface area contributed by atoms with E-state index in [0.717, 1.165) is 32.6 Å². The third-order valence-electron chi connectivity index (χ3n) is 2.12. The summed E-state index contributed by atoms with van der Waals surface area (Å²) in [5, 5.41) is 3.25. The normalized spacial score (nSPS) is 18.4. The molecule has 1 rings (SSSR count). The number of nitrogens with one attached hydrogen (secondary N) is 1. The largest absolute Gasteiger partial charge is 0.372 e. The van der Waals surface area contributed by atoms with E-state index in [1.807, 2.05) is 11.8 Å². The second-order valence-electron chi connectivity index (χ2n) is 3.12. The Bertz CT molecular complexity index is 154. The molecule has 13 heavy (non-hydrogen) atoms. The fourth-order valence-corrected chi connectivity index (χ4v) is 1.38.